The molecule has 5 aromatic rings. The Morgan fingerprint density at radius 2 is 1.75 bits per heavy atom. The predicted molar refractivity (Wildman–Crippen MR) is 128 cm³/mol. The lowest BCUT2D eigenvalue weighted by Gasteiger charge is -2.14. The third-order valence-corrected chi connectivity index (χ3v) is 6.65. The number of hydrogen-bond donors (Lipinski definition) is 1. The topological polar surface area (TPSA) is 120 Å². The summed E-state index contributed by atoms with van der Waals surface area (Å²) in [6, 6.07) is 10.8. The van der Waals surface area contributed by atoms with Gasteiger partial charge >= 0.3 is 0 Å². The molecule has 0 amide bonds. The number of nitrogens with one attached hydrogen (secondary N) is 1. The molecule has 9 nitrogen and oxygen atoms in total. The second-order valence-electron chi connectivity index (χ2n) is 7.51. The highest BCUT2D eigenvalue weighted by Crippen LogP contribution is 2.33. The van der Waals surface area contributed by atoms with Gasteiger partial charge in [0.05, 0.1) is 36.2 Å². The van der Waals surface area contributed by atoms with Gasteiger partial charge in [0.25, 0.3) is 10.0 Å². The second-order valence-corrected chi connectivity index (χ2v) is 9.17. The van der Waals surface area contributed by atoms with Gasteiger partial charge in [0, 0.05) is 35.2 Å². The van der Waals surface area contributed by atoms with Crippen LogP contribution in [0.4, 0.5) is 14.5 Å². The minimum atomic E-state index is -4.43. The molecule has 0 saturated carbocycles. The van der Waals surface area contributed by atoms with Crippen molar-refractivity contribution in [1.82, 2.24) is 25.1 Å². The number of anilines is 1. The molecule has 180 valence electrons. The minimum absolute atomic E-state index is 0.0419. The highest BCUT2D eigenvalue weighted by Gasteiger charge is 2.22. The molecule has 0 fully saturated rings. The smallest absolute Gasteiger partial charge is 0.264 e. The number of methoxy groups -OCH3 is 1. The minimum Gasteiger partial charge on any atom is -0.480 e. The summed E-state index contributed by atoms with van der Waals surface area (Å²) in [7, 11) is -3.11. The fourth-order valence-corrected chi connectivity index (χ4v) is 4.70. The van der Waals surface area contributed by atoms with Gasteiger partial charge in [-0.25, -0.2) is 27.2 Å². The average molecular weight is 506 g/mol. The van der Waals surface area contributed by atoms with E-state index in [0.717, 1.165) is 17.7 Å². The number of sulfonamides is 1. The normalized spacial score (nSPS) is 11.4. The highest BCUT2D eigenvalue weighted by molar-refractivity contribution is 7.92. The molecule has 4 aromatic heterocycles. The summed E-state index contributed by atoms with van der Waals surface area (Å²) >= 11 is 0. The van der Waals surface area contributed by atoms with E-state index in [4.69, 9.17) is 9.72 Å². The number of nitrogens with zero attached hydrogens (tertiary/aromatic N) is 5. The molecule has 0 atom stereocenters. The molecule has 4 heterocycles. The van der Waals surface area contributed by atoms with Crippen molar-refractivity contribution in [2.45, 2.75) is 4.90 Å². The molecule has 0 aliphatic heterocycles. The van der Waals surface area contributed by atoms with E-state index in [-0.39, 0.29) is 11.6 Å². The van der Waals surface area contributed by atoms with Crippen LogP contribution in [0.15, 0.2) is 78.2 Å². The lowest BCUT2D eigenvalue weighted by molar-refractivity contribution is 0.400. The largest absolute Gasteiger partial charge is 0.480 e. The number of hydrogen-bond acceptors (Lipinski definition) is 8. The van der Waals surface area contributed by atoms with Crippen LogP contribution in [0, 0.1) is 11.6 Å². The number of ether oxygens (including phenoxy) is 1. The summed E-state index contributed by atoms with van der Waals surface area (Å²) in [5.41, 5.74) is 3.61. The van der Waals surface area contributed by atoms with Gasteiger partial charge in [0.2, 0.25) is 5.88 Å². The summed E-state index contributed by atoms with van der Waals surface area (Å²) in [6.07, 6.45) is 6.23. The maximum Gasteiger partial charge on any atom is 0.264 e. The van der Waals surface area contributed by atoms with Gasteiger partial charge in [-0.3, -0.25) is 9.71 Å². The standard InChI is InChI=1S/C24H16F2N6O3S/c1-35-24-21(32-36(33,34)22-5-2-16(25)11-18(22)26)10-15(12-28-24)17-7-8-27-20-4-3-19(31-23(17)20)14-6-9-29-30-13-14/h2-13,32H,1H3. The second kappa shape index (κ2) is 9.23. The SMILES string of the molecule is COc1ncc(-c2ccnc3ccc(-c4ccnnc4)nc23)cc1NS(=O)(=O)c1ccc(F)cc1F. The highest BCUT2D eigenvalue weighted by atomic mass is 32.2. The van der Waals surface area contributed by atoms with Crippen LogP contribution >= 0.6 is 0 Å². The third kappa shape index (κ3) is 4.41. The van der Waals surface area contributed by atoms with Crippen LogP contribution < -0.4 is 9.46 Å². The predicted octanol–water partition coefficient (Wildman–Crippen LogP) is 4.24. The molecule has 0 bridgehead atoms. The van der Waals surface area contributed by atoms with E-state index < -0.39 is 26.6 Å². The Morgan fingerprint density at radius 1 is 0.889 bits per heavy atom. The average Bonchev–Trinajstić information content (AvgIpc) is 2.88. The van der Waals surface area contributed by atoms with Gasteiger partial charge in [-0.1, -0.05) is 0 Å². The van der Waals surface area contributed by atoms with Gasteiger partial charge in [-0.05, 0) is 42.5 Å². The van der Waals surface area contributed by atoms with Crippen molar-refractivity contribution >= 4 is 26.7 Å². The van der Waals surface area contributed by atoms with Crippen LogP contribution in [0.1, 0.15) is 0 Å². The summed E-state index contributed by atoms with van der Waals surface area (Å²) in [5, 5.41) is 7.66. The van der Waals surface area contributed by atoms with Gasteiger partial charge < -0.3 is 4.74 Å². The van der Waals surface area contributed by atoms with Gasteiger partial charge in [0.15, 0.2) is 0 Å². The number of benzene rings is 1. The van der Waals surface area contributed by atoms with E-state index in [1.807, 2.05) is 0 Å². The quantitative estimate of drug-likeness (QED) is 0.363. The molecule has 0 aliphatic rings. The molecule has 0 spiro atoms. The molecule has 0 radical (unpaired) electrons. The lowest BCUT2D eigenvalue weighted by atomic mass is 10.1. The Bertz CT molecular complexity index is 1700. The third-order valence-electron chi connectivity index (χ3n) is 5.25. The van der Waals surface area contributed by atoms with E-state index >= 15 is 0 Å². The Kier molecular flexibility index (Phi) is 5.94. The van der Waals surface area contributed by atoms with Crippen LogP contribution in [0.25, 0.3) is 33.4 Å². The zero-order valence-electron chi connectivity index (χ0n) is 18.6. The van der Waals surface area contributed by atoms with Crippen LogP contribution in [-0.4, -0.2) is 40.7 Å². The Labute approximate surface area is 203 Å². The fraction of sp³-hybridized carbons (Fsp3) is 0.0417. The first-order chi connectivity index (χ1) is 17.4. The first-order valence-corrected chi connectivity index (χ1v) is 11.9. The Morgan fingerprint density at radius 3 is 2.50 bits per heavy atom. The van der Waals surface area contributed by atoms with E-state index in [0.29, 0.717) is 33.9 Å². The van der Waals surface area contributed by atoms with E-state index in [1.54, 1.807) is 42.9 Å². The molecular weight excluding hydrogens is 490 g/mol. The van der Waals surface area contributed by atoms with Crippen molar-refractivity contribution in [3.8, 4) is 28.3 Å². The summed E-state index contributed by atoms with van der Waals surface area (Å²) in [4.78, 5) is 12.6. The van der Waals surface area contributed by atoms with Crippen molar-refractivity contribution in [2.24, 2.45) is 0 Å². The maximum atomic E-state index is 14.2. The van der Waals surface area contributed by atoms with Crippen LogP contribution in [-0.2, 0) is 10.0 Å². The molecule has 0 unspecified atom stereocenters. The van der Waals surface area contributed by atoms with Gasteiger partial charge in [-0.2, -0.15) is 10.2 Å². The molecular formula is C24H16F2N6O3S. The van der Waals surface area contributed by atoms with Crippen LogP contribution in [0.5, 0.6) is 5.88 Å². The van der Waals surface area contributed by atoms with Gasteiger partial charge in [0.1, 0.15) is 22.2 Å². The van der Waals surface area contributed by atoms with Crippen molar-refractivity contribution in [2.75, 3.05) is 11.8 Å². The summed E-state index contributed by atoms with van der Waals surface area (Å²) < 4.78 is 60.7. The number of fused-ring (bicyclic) bond motifs is 1. The van der Waals surface area contributed by atoms with E-state index in [9.17, 15) is 17.2 Å². The van der Waals surface area contributed by atoms with Crippen LogP contribution in [0.3, 0.4) is 0 Å². The van der Waals surface area contributed by atoms with Crippen molar-refractivity contribution < 1.29 is 21.9 Å². The van der Waals surface area contributed by atoms with Crippen molar-refractivity contribution in [3.05, 3.63) is 85.0 Å². The molecule has 5 rings (SSSR count). The number of halogens is 2. The molecule has 1 aromatic carbocycles. The number of pyridine rings is 3. The van der Waals surface area contributed by atoms with E-state index in [2.05, 4.69) is 24.9 Å². The Hall–Kier alpha value is -4.58. The summed E-state index contributed by atoms with van der Waals surface area (Å²) in [6.45, 7) is 0. The first-order valence-electron chi connectivity index (χ1n) is 10.4. The molecule has 12 heteroatoms. The molecule has 36 heavy (non-hydrogen) atoms. The zero-order valence-corrected chi connectivity index (χ0v) is 19.4. The van der Waals surface area contributed by atoms with E-state index in [1.165, 1.54) is 19.4 Å². The zero-order chi connectivity index (χ0) is 25.3. The summed E-state index contributed by atoms with van der Waals surface area (Å²) in [5.74, 6) is -2.17. The number of rotatable bonds is 6. The maximum absolute atomic E-state index is 14.2. The monoisotopic (exact) mass is 506 g/mol. The van der Waals surface area contributed by atoms with Gasteiger partial charge in [-0.15, -0.1) is 0 Å². The van der Waals surface area contributed by atoms with Crippen molar-refractivity contribution in [3.63, 3.8) is 0 Å². The van der Waals surface area contributed by atoms with Crippen molar-refractivity contribution in [1.29, 1.82) is 0 Å². The molecule has 1 N–H and O–H groups in total. The van der Waals surface area contributed by atoms with Crippen LogP contribution in [0.2, 0.25) is 0 Å². The molecule has 0 aliphatic carbocycles. The first kappa shape index (κ1) is 23.2. The number of aromatic nitrogens is 5. The fourth-order valence-electron chi connectivity index (χ4n) is 3.59. The Balaban J connectivity index is 1.60. The molecule has 0 saturated heterocycles. The lowest BCUT2D eigenvalue weighted by Crippen LogP contribution is -2.15.